The smallest absolute Gasteiger partial charge is 0.211 e. The van der Waals surface area contributed by atoms with Gasteiger partial charge in [0.25, 0.3) is 0 Å². The van der Waals surface area contributed by atoms with Gasteiger partial charge in [-0.05, 0) is 42.2 Å². The van der Waals surface area contributed by atoms with E-state index in [0.717, 1.165) is 16.3 Å². The third-order valence-electron chi connectivity index (χ3n) is 4.01. The highest BCUT2D eigenvalue weighted by atomic mass is 32.2. The lowest BCUT2D eigenvalue weighted by Crippen LogP contribution is -2.08. The summed E-state index contributed by atoms with van der Waals surface area (Å²) in [6, 6.07) is 13.7. The highest BCUT2D eigenvalue weighted by molar-refractivity contribution is 7.99. The van der Waals surface area contributed by atoms with Gasteiger partial charge in [-0.3, -0.25) is 0 Å². The molecule has 29 heavy (non-hydrogen) atoms. The Hall–Kier alpha value is -3.13. The van der Waals surface area contributed by atoms with Gasteiger partial charge in [-0.25, -0.2) is 9.78 Å². The Morgan fingerprint density at radius 3 is 2.55 bits per heavy atom. The Kier molecular flexibility index (Phi) is 8.91. The number of methoxy groups -OCH3 is 1. The van der Waals surface area contributed by atoms with Crippen molar-refractivity contribution in [2.75, 3.05) is 31.9 Å². The van der Waals surface area contributed by atoms with E-state index < -0.39 is 0 Å². The molecule has 1 aromatic heterocycles. The molecule has 0 bridgehead atoms. The van der Waals surface area contributed by atoms with Crippen LogP contribution < -0.4 is 4.90 Å². The van der Waals surface area contributed by atoms with Crippen LogP contribution in [0.1, 0.15) is 12.0 Å². The van der Waals surface area contributed by atoms with Crippen molar-refractivity contribution in [1.82, 2.24) is 4.98 Å². The first-order chi connectivity index (χ1) is 14.0. The minimum Gasteiger partial charge on any atom is -0.498 e. The molecule has 0 aliphatic rings. The molecule has 1 N–H and O–H groups in total. The number of rotatable bonds is 8. The van der Waals surface area contributed by atoms with Crippen molar-refractivity contribution in [1.29, 1.82) is 0 Å². The molecule has 1 heterocycles. The van der Waals surface area contributed by atoms with E-state index in [1.165, 1.54) is 18.9 Å². The zero-order valence-corrected chi connectivity index (χ0v) is 17.6. The molecule has 0 unspecified atom stereocenters. The SMILES string of the molecule is CO/C(C(=C=O)CCSc1ccccn1)=C(\O)C#CCc1ccc(N(C)C)cc1. The number of carbonyl (C=O) groups excluding carboxylic acids is 1. The van der Waals surface area contributed by atoms with Crippen molar-refractivity contribution < 1.29 is 14.6 Å². The largest absolute Gasteiger partial charge is 0.498 e. The fourth-order valence-electron chi connectivity index (χ4n) is 2.46. The summed E-state index contributed by atoms with van der Waals surface area (Å²) in [5.41, 5.74) is 2.39. The van der Waals surface area contributed by atoms with Crippen molar-refractivity contribution in [3.8, 4) is 11.8 Å². The molecule has 0 atom stereocenters. The van der Waals surface area contributed by atoms with Crippen LogP contribution in [0.2, 0.25) is 0 Å². The molecular weight excluding hydrogens is 384 g/mol. The van der Waals surface area contributed by atoms with Gasteiger partial charge in [-0.2, -0.15) is 0 Å². The molecule has 1 aromatic carbocycles. The van der Waals surface area contributed by atoms with Crippen molar-refractivity contribution in [3.63, 3.8) is 0 Å². The Balaban J connectivity index is 2.01. The average Bonchev–Trinajstić information content (AvgIpc) is 2.74. The number of aliphatic hydroxyl groups is 1. The molecule has 0 saturated carbocycles. The average molecular weight is 409 g/mol. The summed E-state index contributed by atoms with van der Waals surface area (Å²) in [6.07, 6.45) is 2.57. The summed E-state index contributed by atoms with van der Waals surface area (Å²) >= 11 is 1.51. The number of ether oxygens (including phenoxy) is 1. The predicted octanol–water partition coefficient (Wildman–Crippen LogP) is 4.05. The number of nitrogens with zero attached hydrogens (tertiary/aromatic N) is 2. The van der Waals surface area contributed by atoms with Gasteiger partial charge in [0.2, 0.25) is 5.76 Å². The second-order valence-electron chi connectivity index (χ2n) is 6.27. The Morgan fingerprint density at radius 2 is 1.97 bits per heavy atom. The summed E-state index contributed by atoms with van der Waals surface area (Å²) < 4.78 is 5.21. The zero-order valence-electron chi connectivity index (χ0n) is 16.8. The quantitative estimate of drug-likeness (QED) is 0.234. The fourth-order valence-corrected chi connectivity index (χ4v) is 3.29. The summed E-state index contributed by atoms with van der Waals surface area (Å²) in [7, 11) is 5.37. The van der Waals surface area contributed by atoms with Gasteiger partial charge in [0, 0.05) is 38.2 Å². The maximum atomic E-state index is 11.4. The number of hydrogen-bond donors (Lipinski definition) is 1. The number of hydrogen-bond acceptors (Lipinski definition) is 6. The van der Waals surface area contributed by atoms with E-state index in [4.69, 9.17) is 4.74 Å². The minimum absolute atomic E-state index is 0.0667. The van der Waals surface area contributed by atoms with Crippen LogP contribution in [-0.2, 0) is 16.0 Å². The van der Waals surface area contributed by atoms with Gasteiger partial charge < -0.3 is 14.7 Å². The van der Waals surface area contributed by atoms with Crippen molar-refractivity contribution in [3.05, 3.63) is 71.3 Å². The number of aliphatic hydroxyl groups excluding tert-OH is 1. The van der Waals surface area contributed by atoms with Crippen LogP contribution in [0.4, 0.5) is 5.69 Å². The van der Waals surface area contributed by atoms with Gasteiger partial charge in [0.05, 0.1) is 17.7 Å². The second-order valence-corrected chi connectivity index (χ2v) is 7.38. The topological polar surface area (TPSA) is 62.7 Å². The molecule has 0 saturated heterocycles. The van der Waals surface area contributed by atoms with Crippen LogP contribution in [0.3, 0.4) is 0 Å². The molecule has 0 aliphatic heterocycles. The molecule has 0 aliphatic carbocycles. The highest BCUT2D eigenvalue weighted by Gasteiger charge is 2.13. The molecule has 0 spiro atoms. The van der Waals surface area contributed by atoms with Crippen LogP contribution in [0.5, 0.6) is 0 Å². The van der Waals surface area contributed by atoms with E-state index >= 15 is 0 Å². The number of aromatic nitrogens is 1. The van der Waals surface area contributed by atoms with Crippen molar-refractivity contribution in [2.45, 2.75) is 17.9 Å². The fraction of sp³-hybridized carbons (Fsp3) is 0.261. The van der Waals surface area contributed by atoms with Gasteiger partial charge in [-0.1, -0.05) is 24.1 Å². The highest BCUT2D eigenvalue weighted by Crippen LogP contribution is 2.21. The third kappa shape index (κ3) is 7.08. The van der Waals surface area contributed by atoms with E-state index in [1.807, 2.05) is 67.4 Å². The molecular formula is C23H24N2O3S. The summed E-state index contributed by atoms with van der Waals surface area (Å²) in [4.78, 5) is 17.6. The minimum atomic E-state index is -0.265. The maximum absolute atomic E-state index is 11.4. The maximum Gasteiger partial charge on any atom is 0.211 e. The molecule has 150 valence electrons. The normalized spacial score (nSPS) is 10.9. The molecule has 2 rings (SSSR count). The van der Waals surface area contributed by atoms with Crippen molar-refractivity contribution >= 4 is 23.4 Å². The van der Waals surface area contributed by atoms with Gasteiger partial charge in [0.15, 0.2) is 5.76 Å². The van der Waals surface area contributed by atoms with Gasteiger partial charge >= 0.3 is 0 Å². The first-order valence-electron chi connectivity index (χ1n) is 9.05. The van der Waals surface area contributed by atoms with Gasteiger partial charge in [-0.15, -0.1) is 11.8 Å². The Bertz CT molecular complexity index is 936. The molecule has 5 nitrogen and oxygen atoms in total. The second kappa shape index (κ2) is 11.7. The lowest BCUT2D eigenvalue weighted by atomic mass is 10.1. The van der Waals surface area contributed by atoms with E-state index in [-0.39, 0.29) is 17.1 Å². The molecule has 0 amide bonds. The number of benzene rings is 1. The summed E-state index contributed by atoms with van der Waals surface area (Å²) in [5, 5.41) is 11.1. The third-order valence-corrected chi connectivity index (χ3v) is 4.95. The molecule has 0 radical (unpaired) electrons. The lowest BCUT2D eigenvalue weighted by molar-refractivity contribution is 0.269. The number of allylic oxidation sites excluding steroid dienone is 2. The monoisotopic (exact) mass is 408 g/mol. The lowest BCUT2D eigenvalue weighted by Gasteiger charge is -2.11. The van der Waals surface area contributed by atoms with E-state index in [0.29, 0.717) is 18.6 Å². The van der Waals surface area contributed by atoms with E-state index in [1.54, 1.807) is 6.20 Å². The molecule has 6 heteroatoms. The number of thioether (sulfide) groups is 1. The number of anilines is 1. The van der Waals surface area contributed by atoms with Crippen LogP contribution in [0, 0.1) is 11.8 Å². The molecule has 2 aromatic rings. The van der Waals surface area contributed by atoms with E-state index in [9.17, 15) is 9.90 Å². The number of pyridine rings is 1. The zero-order chi connectivity index (χ0) is 21.1. The predicted molar refractivity (Wildman–Crippen MR) is 118 cm³/mol. The van der Waals surface area contributed by atoms with Crippen LogP contribution >= 0.6 is 11.8 Å². The van der Waals surface area contributed by atoms with Crippen LogP contribution in [0.15, 0.2) is 70.8 Å². The standard InChI is InChI=1S/C23H24N2O3S/c1-25(2)20-12-10-18(11-13-20)7-6-8-21(27)23(28-3)19(17-26)14-16-29-22-9-4-5-15-24-22/h4-5,9-13,15,27H,7,14,16H2,1-3H3/b23-21-. The van der Waals surface area contributed by atoms with Crippen LogP contribution in [0.25, 0.3) is 0 Å². The van der Waals surface area contributed by atoms with Gasteiger partial charge in [0.1, 0.15) is 5.94 Å². The molecule has 0 fully saturated rings. The first-order valence-corrected chi connectivity index (χ1v) is 10.0. The summed E-state index contributed by atoms with van der Waals surface area (Å²) in [6.45, 7) is 0. The van der Waals surface area contributed by atoms with E-state index in [2.05, 4.69) is 16.8 Å². The van der Waals surface area contributed by atoms with Crippen LogP contribution in [-0.4, -0.2) is 43.0 Å². The first kappa shape index (κ1) is 22.2. The van der Waals surface area contributed by atoms with Crippen molar-refractivity contribution in [2.24, 2.45) is 0 Å². The Labute approximate surface area is 176 Å². The Morgan fingerprint density at radius 1 is 1.21 bits per heavy atom. The summed E-state index contributed by atoms with van der Waals surface area (Å²) in [5.74, 6) is 7.86.